The number of nitrogens with one attached hydrogen (secondary N) is 1. The van der Waals surface area contributed by atoms with Crippen molar-refractivity contribution < 1.29 is 9.59 Å². The average molecular weight is 402 g/mol. The summed E-state index contributed by atoms with van der Waals surface area (Å²) in [5.41, 5.74) is 8.24. The van der Waals surface area contributed by atoms with Crippen LogP contribution in [-0.2, 0) is 13.1 Å². The fourth-order valence-corrected chi connectivity index (χ4v) is 4.14. The molecule has 1 aliphatic heterocycles. The quantitative estimate of drug-likeness (QED) is 0.821. The van der Waals surface area contributed by atoms with E-state index in [1.54, 1.807) is 29.4 Å². The van der Waals surface area contributed by atoms with Crippen molar-refractivity contribution in [1.82, 2.24) is 14.5 Å². The first-order valence-electron chi connectivity index (χ1n) is 9.84. The molecule has 1 unspecified atom stereocenters. The van der Waals surface area contributed by atoms with Gasteiger partial charge in [0.15, 0.2) is 0 Å². The number of fused-ring (bicyclic) bond motifs is 1. The third kappa shape index (κ3) is 3.57. The van der Waals surface area contributed by atoms with Crippen LogP contribution in [0.4, 0.5) is 10.5 Å². The minimum Gasteiger partial charge on any atom is -0.366 e. The highest BCUT2D eigenvalue weighted by Crippen LogP contribution is 2.35. The molecule has 0 radical (unpaired) electrons. The van der Waals surface area contributed by atoms with Crippen LogP contribution in [-0.4, -0.2) is 32.9 Å². The topological polar surface area (TPSA) is 117 Å². The lowest BCUT2D eigenvalue weighted by atomic mass is 9.95. The van der Waals surface area contributed by atoms with Gasteiger partial charge >= 0.3 is 6.03 Å². The predicted octanol–water partition coefficient (Wildman–Crippen LogP) is 2.89. The molecular formula is C22H22N6O2. The molecule has 2 aromatic heterocycles. The number of hydrogen-bond donors (Lipinski definition) is 2. The highest BCUT2D eigenvalue weighted by Gasteiger charge is 2.33. The molecule has 3 amide bonds. The van der Waals surface area contributed by atoms with Crippen molar-refractivity contribution in [2.24, 2.45) is 5.73 Å². The van der Waals surface area contributed by atoms with E-state index in [9.17, 15) is 14.9 Å². The molecule has 0 saturated carbocycles. The standard InChI is InChI=1S/C22H22N6O2/c23-12-17-19(21(24)29)18-14-27(22(30)26-16-8-5-9-25-13-16)10-11-28(18)20(17)15-6-3-1-2-4-7-15/h1-3,5-6,8-9,13,15H,4,7,10-11,14H2,(H2,24,29)(H,26,30). The maximum Gasteiger partial charge on any atom is 0.322 e. The molecule has 3 N–H and O–H groups in total. The van der Waals surface area contributed by atoms with Crippen LogP contribution in [0.25, 0.3) is 0 Å². The Labute approximate surface area is 174 Å². The lowest BCUT2D eigenvalue weighted by Gasteiger charge is -2.31. The number of aromatic nitrogens is 2. The molecule has 3 heterocycles. The van der Waals surface area contributed by atoms with Gasteiger partial charge in [-0.2, -0.15) is 5.26 Å². The van der Waals surface area contributed by atoms with E-state index in [0.717, 1.165) is 18.5 Å². The van der Waals surface area contributed by atoms with Crippen molar-refractivity contribution >= 4 is 17.6 Å². The number of allylic oxidation sites excluding steroid dienone is 4. The van der Waals surface area contributed by atoms with Crippen molar-refractivity contribution in [3.63, 3.8) is 0 Å². The Hall–Kier alpha value is -3.86. The van der Waals surface area contributed by atoms with E-state index in [2.05, 4.69) is 28.5 Å². The van der Waals surface area contributed by atoms with E-state index in [1.807, 2.05) is 16.7 Å². The van der Waals surface area contributed by atoms with Crippen molar-refractivity contribution in [1.29, 1.82) is 5.26 Å². The van der Waals surface area contributed by atoms with Gasteiger partial charge in [0.2, 0.25) is 0 Å². The van der Waals surface area contributed by atoms with Gasteiger partial charge in [0.1, 0.15) is 6.07 Å². The minimum atomic E-state index is -0.646. The zero-order chi connectivity index (χ0) is 21.1. The van der Waals surface area contributed by atoms with Gasteiger partial charge < -0.3 is 20.5 Å². The first-order valence-corrected chi connectivity index (χ1v) is 9.84. The normalized spacial score (nSPS) is 17.7. The number of hydrogen-bond acceptors (Lipinski definition) is 4. The van der Waals surface area contributed by atoms with Crippen LogP contribution in [0.3, 0.4) is 0 Å². The number of rotatable bonds is 3. The lowest BCUT2D eigenvalue weighted by molar-refractivity contribution is 0.0997. The van der Waals surface area contributed by atoms with E-state index in [1.165, 1.54) is 0 Å². The van der Waals surface area contributed by atoms with E-state index < -0.39 is 5.91 Å². The predicted molar refractivity (Wildman–Crippen MR) is 112 cm³/mol. The largest absolute Gasteiger partial charge is 0.366 e. The molecule has 0 bridgehead atoms. The van der Waals surface area contributed by atoms with Gasteiger partial charge in [-0.3, -0.25) is 9.78 Å². The molecule has 2 aromatic rings. The van der Waals surface area contributed by atoms with Crippen molar-refractivity contribution in [2.75, 3.05) is 11.9 Å². The molecule has 8 nitrogen and oxygen atoms in total. The number of nitrogens with two attached hydrogens (primary N) is 1. The van der Waals surface area contributed by atoms with Crippen LogP contribution in [0.1, 0.15) is 46.1 Å². The van der Waals surface area contributed by atoms with Crippen LogP contribution in [0.2, 0.25) is 0 Å². The molecule has 0 spiro atoms. The number of primary amides is 1. The van der Waals surface area contributed by atoms with E-state index >= 15 is 0 Å². The number of carbonyl (C=O) groups is 2. The summed E-state index contributed by atoms with van der Waals surface area (Å²) in [6.45, 7) is 1.15. The smallest absolute Gasteiger partial charge is 0.322 e. The monoisotopic (exact) mass is 402 g/mol. The van der Waals surface area contributed by atoms with Gasteiger partial charge in [0.05, 0.1) is 35.2 Å². The first kappa shape index (κ1) is 19.5. The molecule has 2 aliphatic rings. The fourth-order valence-electron chi connectivity index (χ4n) is 4.14. The van der Waals surface area contributed by atoms with E-state index in [-0.39, 0.29) is 24.1 Å². The van der Waals surface area contributed by atoms with Crippen LogP contribution in [0, 0.1) is 11.3 Å². The van der Waals surface area contributed by atoms with Gasteiger partial charge in [-0.1, -0.05) is 24.3 Å². The maximum absolute atomic E-state index is 12.7. The number of nitrogens with zero attached hydrogens (tertiary/aromatic N) is 4. The maximum atomic E-state index is 12.7. The second-order valence-electron chi connectivity index (χ2n) is 7.30. The SMILES string of the molecule is N#Cc1c(C(N)=O)c2n(c1C1C=CC=CCC1)CCN(C(=O)Nc1cccnc1)C2. The summed E-state index contributed by atoms with van der Waals surface area (Å²) in [7, 11) is 0. The molecule has 4 rings (SSSR count). The van der Waals surface area contributed by atoms with Crippen molar-refractivity contribution in [3.8, 4) is 6.07 Å². The summed E-state index contributed by atoms with van der Waals surface area (Å²) in [6, 6.07) is 5.41. The Morgan fingerprint density at radius 3 is 2.90 bits per heavy atom. The number of pyridine rings is 1. The summed E-state index contributed by atoms with van der Waals surface area (Å²) in [5, 5.41) is 12.7. The van der Waals surface area contributed by atoms with Crippen molar-refractivity contribution in [2.45, 2.75) is 31.8 Å². The molecule has 0 saturated heterocycles. The zero-order valence-electron chi connectivity index (χ0n) is 16.4. The molecule has 0 fully saturated rings. The second kappa shape index (κ2) is 8.25. The van der Waals surface area contributed by atoms with Crippen LogP contribution in [0.5, 0.6) is 0 Å². The Morgan fingerprint density at radius 2 is 2.17 bits per heavy atom. The summed E-state index contributed by atoms with van der Waals surface area (Å²) in [6.07, 6.45) is 13.0. The number of amides is 3. The molecule has 0 aromatic carbocycles. The van der Waals surface area contributed by atoms with Crippen molar-refractivity contribution in [3.05, 3.63) is 71.3 Å². The average Bonchev–Trinajstić information content (AvgIpc) is 2.88. The summed E-state index contributed by atoms with van der Waals surface area (Å²) < 4.78 is 2.01. The second-order valence-corrected chi connectivity index (χ2v) is 7.30. The van der Waals surface area contributed by atoms with Gasteiger partial charge in [-0.05, 0) is 25.0 Å². The van der Waals surface area contributed by atoms with E-state index in [0.29, 0.717) is 30.0 Å². The number of carbonyl (C=O) groups excluding carboxylic acids is 2. The number of urea groups is 1. The molecule has 1 atom stereocenters. The van der Waals surface area contributed by atoms with Crippen LogP contribution < -0.4 is 11.1 Å². The van der Waals surface area contributed by atoms with Gasteiger partial charge in [-0.25, -0.2) is 4.79 Å². The lowest BCUT2D eigenvalue weighted by Crippen LogP contribution is -2.41. The first-order chi connectivity index (χ1) is 14.6. The minimum absolute atomic E-state index is 0.0114. The molecule has 152 valence electrons. The fraction of sp³-hybridized carbons (Fsp3) is 0.273. The zero-order valence-corrected chi connectivity index (χ0v) is 16.4. The number of anilines is 1. The Morgan fingerprint density at radius 1 is 1.30 bits per heavy atom. The van der Waals surface area contributed by atoms with Crippen LogP contribution >= 0.6 is 0 Å². The Bertz CT molecular complexity index is 1080. The molecule has 8 heteroatoms. The highest BCUT2D eigenvalue weighted by molar-refractivity contribution is 5.98. The molecular weight excluding hydrogens is 380 g/mol. The summed E-state index contributed by atoms with van der Waals surface area (Å²) >= 11 is 0. The summed E-state index contributed by atoms with van der Waals surface area (Å²) in [5.74, 6) is -0.635. The summed E-state index contributed by atoms with van der Waals surface area (Å²) in [4.78, 5) is 30.6. The molecule has 1 aliphatic carbocycles. The third-order valence-electron chi connectivity index (χ3n) is 5.49. The van der Waals surface area contributed by atoms with Gasteiger partial charge in [-0.15, -0.1) is 0 Å². The van der Waals surface area contributed by atoms with Gasteiger partial charge in [0.25, 0.3) is 5.91 Å². The Balaban J connectivity index is 1.69. The molecule has 30 heavy (non-hydrogen) atoms. The third-order valence-corrected chi connectivity index (χ3v) is 5.49. The van der Waals surface area contributed by atoms with Crippen LogP contribution in [0.15, 0.2) is 48.8 Å². The van der Waals surface area contributed by atoms with Gasteiger partial charge in [0, 0.05) is 30.9 Å². The number of nitriles is 1. The highest BCUT2D eigenvalue weighted by atomic mass is 16.2. The Kier molecular flexibility index (Phi) is 5.35. The van der Waals surface area contributed by atoms with E-state index in [4.69, 9.17) is 5.73 Å².